The van der Waals surface area contributed by atoms with Crippen LogP contribution < -0.4 is 10.1 Å². The summed E-state index contributed by atoms with van der Waals surface area (Å²) in [6.45, 7) is 1.77. The molecule has 1 saturated heterocycles. The summed E-state index contributed by atoms with van der Waals surface area (Å²) >= 11 is 6.51. The SMILES string of the molecule is COc1ccccc1NC(=O)CN1C(=O)/C(=C/C(C)=C/c2ccccc2)SC1=S. The van der Waals surface area contributed by atoms with Crippen molar-refractivity contribution in [1.29, 1.82) is 0 Å². The number of amides is 2. The Hall–Kier alpha value is -2.90. The Bertz CT molecular complexity index is 1000. The molecule has 0 spiro atoms. The summed E-state index contributed by atoms with van der Waals surface area (Å²) in [6, 6.07) is 16.9. The molecule has 1 fully saturated rings. The molecule has 148 valence electrons. The van der Waals surface area contributed by atoms with Gasteiger partial charge in [0.2, 0.25) is 5.91 Å². The smallest absolute Gasteiger partial charge is 0.266 e. The van der Waals surface area contributed by atoms with Gasteiger partial charge in [-0.05, 0) is 36.3 Å². The predicted molar refractivity (Wildman–Crippen MR) is 122 cm³/mol. The van der Waals surface area contributed by atoms with Crippen LogP contribution in [0.25, 0.3) is 6.08 Å². The third-order valence-corrected chi connectivity index (χ3v) is 5.49. The second-order valence-corrected chi connectivity index (χ2v) is 7.99. The number of allylic oxidation sites excluding steroid dienone is 2. The molecule has 2 aromatic rings. The third-order valence-electron chi connectivity index (χ3n) is 4.11. The van der Waals surface area contributed by atoms with E-state index in [1.165, 1.54) is 23.8 Å². The molecule has 0 aliphatic carbocycles. The average Bonchev–Trinajstić information content (AvgIpc) is 2.96. The number of thioether (sulfide) groups is 1. The maximum Gasteiger partial charge on any atom is 0.266 e. The van der Waals surface area contributed by atoms with Crippen LogP contribution in [0.4, 0.5) is 5.69 Å². The van der Waals surface area contributed by atoms with E-state index in [-0.39, 0.29) is 18.4 Å². The van der Waals surface area contributed by atoms with Crippen LogP contribution in [0.1, 0.15) is 12.5 Å². The largest absolute Gasteiger partial charge is 0.495 e. The summed E-state index contributed by atoms with van der Waals surface area (Å²) in [4.78, 5) is 27.0. The van der Waals surface area contributed by atoms with E-state index in [1.807, 2.05) is 49.4 Å². The van der Waals surface area contributed by atoms with Crippen molar-refractivity contribution in [3.05, 3.63) is 76.7 Å². The van der Waals surface area contributed by atoms with Gasteiger partial charge in [0.15, 0.2) is 0 Å². The molecule has 1 aliphatic heterocycles. The highest BCUT2D eigenvalue weighted by atomic mass is 32.2. The zero-order chi connectivity index (χ0) is 20.8. The van der Waals surface area contributed by atoms with Gasteiger partial charge in [0, 0.05) is 0 Å². The summed E-state index contributed by atoms with van der Waals surface area (Å²) in [6.07, 6.45) is 3.78. The maximum absolute atomic E-state index is 12.7. The lowest BCUT2D eigenvalue weighted by atomic mass is 10.1. The molecule has 7 heteroatoms. The lowest BCUT2D eigenvalue weighted by molar-refractivity contribution is -0.126. The number of methoxy groups -OCH3 is 1. The van der Waals surface area contributed by atoms with Crippen LogP contribution in [-0.4, -0.2) is 34.7 Å². The van der Waals surface area contributed by atoms with E-state index in [0.717, 1.165) is 11.1 Å². The van der Waals surface area contributed by atoms with Gasteiger partial charge in [-0.3, -0.25) is 14.5 Å². The number of anilines is 1. The van der Waals surface area contributed by atoms with Crippen molar-refractivity contribution in [2.24, 2.45) is 0 Å². The molecule has 0 saturated carbocycles. The molecule has 0 radical (unpaired) electrons. The van der Waals surface area contributed by atoms with E-state index in [0.29, 0.717) is 20.7 Å². The van der Waals surface area contributed by atoms with Crippen LogP contribution in [-0.2, 0) is 9.59 Å². The second kappa shape index (κ2) is 9.54. The Morgan fingerprint density at radius 2 is 1.86 bits per heavy atom. The van der Waals surface area contributed by atoms with Gasteiger partial charge in [-0.2, -0.15) is 0 Å². The number of thiocarbonyl (C=S) groups is 1. The first-order valence-electron chi connectivity index (χ1n) is 8.89. The Labute approximate surface area is 179 Å². The fraction of sp³-hybridized carbons (Fsp3) is 0.136. The second-order valence-electron chi connectivity index (χ2n) is 6.32. The van der Waals surface area contributed by atoms with Crippen molar-refractivity contribution in [1.82, 2.24) is 4.90 Å². The number of hydrogen-bond donors (Lipinski definition) is 1. The van der Waals surface area contributed by atoms with Crippen molar-refractivity contribution < 1.29 is 14.3 Å². The minimum absolute atomic E-state index is 0.151. The van der Waals surface area contributed by atoms with Gasteiger partial charge in [-0.25, -0.2) is 0 Å². The average molecular weight is 425 g/mol. The van der Waals surface area contributed by atoms with Crippen LogP contribution in [0.3, 0.4) is 0 Å². The molecule has 2 aromatic carbocycles. The Balaban J connectivity index is 1.68. The quantitative estimate of drug-likeness (QED) is 0.547. The van der Waals surface area contributed by atoms with Gasteiger partial charge in [-0.1, -0.05) is 72.5 Å². The molecule has 0 bridgehead atoms. The third kappa shape index (κ3) is 5.34. The molecular weight excluding hydrogens is 404 g/mol. The van der Waals surface area contributed by atoms with Crippen molar-refractivity contribution in [2.75, 3.05) is 19.0 Å². The lowest BCUT2D eigenvalue weighted by Gasteiger charge is -2.15. The number of nitrogens with one attached hydrogen (secondary N) is 1. The van der Waals surface area contributed by atoms with E-state index in [1.54, 1.807) is 24.3 Å². The monoisotopic (exact) mass is 424 g/mol. The van der Waals surface area contributed by atoms with E-state index < -0.39 is 0 Å². The number of hydrogen-bond acceptors (Lipinski definition) is 5. The van der Waals surface area contributed by atoms with E-state index in [2.05, 4.69) is 5.32 Å². The minimum Gasteiger partial charge on any atom is -0.495 e. The first-order valence-corrected chi connectivity index (χ1v) is 10.1. The number of para-hydroxylation sites is 2. The molecular formula is C22H20N2O3S2. The molecule has 1 aliphatic rings. The van der Waals surface area contributed by atoms with Gasteiger partial charge in [0.1, 0.15) is 16.6 Å². The Morgan fingerprint density at radius 1 is 1.17 bits per heavy atom. The highest BCUT2D eigenvalue weighted by Gasteiger charge is 2.33. The molecule has 0 aromatic heterocycles. The highest BCUT2D eigenvalue weighted by molar-refractivity contribution is 8.26. The number of benzene rings is 2. The summed E-state index contributed by atoms with van der Waals surface area (Å²) < 4.78 is 5.59. The standard InChI is InChI=1S/C22H20N2O3S2/c1-15(12-16-8-4-3-5-9-16)13-19-21(26)24(22(28)29-19)14-20(25)23-17-10-6-7-11-18(17)27-2/h3-13H,14H2,1-2H3,(H,23,25)/b15-12+,19-13-. The zero-order valence-corrected chi connectivity index (χ0v) is 17.7. The number of ether oxygens (including phenoxy) is 1. The fourth-order valence-electron chi connectivity index (χ4n) is 2.78. The van der Waals surface area contributed by atoms with E-state index in [9.17, 15) is 9.59 Å². The summed E-state index contributed by atoms with van der Waals surface area (Å²) in [5.74, 6) is -0.0626. The zero-order valence-electron chi connectivity index (χ0n) is 16.0. The van der Waals surface area contributed by atoms with Crippen LogP contribution in [0.15, 0.2) is 71.2 Å². The molecule has 3 rings (SSSR count). The topological polar surface area (TPSA) is 58.6 Å². The van der Waals surface area contributed by atoms with Gasteiger partial charge in [0.25, 0.3) is 5.91 Å². The molecule has 0 unspecified atom stereocenters. The number of rotatable bonds is 6. The predicted octanol–water partition coefficient (Wildman–Crippen LogP) is 4.48. The van der Waals surface area contributed by atoms with Crippen molar-refractivity contribution in [3.8, 4) is 5.75 Å². The highest BCUT2D eigenvalue weighted by Crippen LogP contribution is 2.32. The summed E-state index contributed by atoms with van der Waals surface area (Å²) in [5.41, 5.74) is 2.52. The molecule has 29 heavy (non-hydrogen) atoms. The molecule has 1 heterocycles. The van der Waals surface area contributed by atoms with Crippen LogP contribution in [0, 0.1) is 0 Å². The van der Waals surface area contributed by atoms with Crippen molar-refractivity contribution in [2.45, 2.75) is 6.92 Å². The number of nitrogens with zero attached hydrogens (tertiary/aromatic N) is 1. The Kier molecular flexibility index (Phi) is 6.85. The molecule has 2 amide bonds. The molecule has 1 N–H and O–H groups in total. The lowest BCUT2D eigenvalue weighted by Crippen LogP contribution is -2.36. The van der Waals surface area contributed by atoms with Gasteiger partial charge >= 0.3 is 0 Å². The number of carbonyl (C=O) groups excluding carboxylic acids is 2. The van der Waals surface area contributed by atoms with Gasteiger partial charge in [0.05, 0.1) is 17.7 Å². The van der Waals surface area contributed by atoms with E-state index >= 15 is 0 Å². The fourth-order valence-corrected chi connectivity index (χ4v) is 4.08. The van der Waals surface area contributed by atoms with Crippen LogP contribution in [0.5, 0.6) is 5.75 Å². The number of carbonyl (C=O) groups is 2. The minimum atomic E-state index is -0.344. The molecule has 5 nitrogen and oxygen atoms in total. The Morgan fingerprint density at radius 3 is 2.59 bits per heavy atom. The first kappa shape index (κ1) is 20.8. The van der Waals surface area contributed by atoms with Crippen molar-refractivity contribution >= 4 is 51.9 Å². The van der Waals surface area contributed by atoms with Gasteiger partial charge in [-0.15, -0.1) is 0 Å². The molecule has 0 atom stereocenters. The summed E-state index contributed by atoms with van der Waals surface area (Å²) in [7, 11) is 1.53. The van der Waals surface area contributed by atoms with Gasteiger partial charge < -0.3 is 10.1 Å². The maximum atomic E-state index is 12.7. The van der Waals surface area contributed by atoms with Crippen LogP contribution in [0.2, 0.25) is 0 Å². The summed E-state index contributed by atoms with van der Waals surface area (Å²) in [5, 5.41) is 2.76. The normalized spacial score (nSPS) is 15.7. The van der Waals surface area contributed by atoms with E-state index in [4.69, 9.17) is 17.0 Å². The van der Waals surface area contributed by atoms with Crippen LogP contribution >= 0.6 is 24.0 Å². The first-order chi connectivity index (χ1) is 14.0. The van der Waals surface area contributed by atoms with Crippen molar-refractivity contribution in [3.63, 3.8) is 0 Å².